The third-order valence-corrected chi connectivity index (χ3v) is 7.18. The summed E-state index contributed by atoms with van der Waals surface area (Å²) in [6, 6.07) is 3.76. The lowest BCUT2D eigenvalue weighted by Gasteiger charge is -2.14. The van der Waals surface area contributed by atoms with Crippen LogP contribution < -0.4 is 10.2 Å². The molecule has 0 aliphatic heterocycles. The van der Waals surface area contributed by atoms with E-state index in [1.165, 1.54) is 15.8 Å². The molecule has 0 fully saturated rings. The van der Waals surface area contributed by atoms with Gasteiger partial charge >= 0.3 is 6.09 Å². The Labute approximate surface area is 115 Å². The number of nitrogens with zero attached hydrogens (tertiary/aromatic N) is 1. The molecule has 1 heterocycles. The normalized spacial score (nSPS) is 12.8. The lowest BCUT2D eigenvalue weighted by atomic mass is 10.2. The molecule has 104 valence electrons. The summed E-state index contributed by atoms with van der Waals surface area (Å²) < 4.78 is 6.09. The van der Waals surface area contributed by atoms with Gasteiger partial charge in [-0.05, 0) is 10.6 Å². The molecule has 0 aromatic carbocycles. The van der Waals surface area contributed by atoms with Crippen molar-refractivity contribution in [3.05, 3.63) is 21.9 Å². The molecule has 1 aromatic heterocycles. The third kappa shape index (κ3) is 4.56. The van der Waals surface area contributed by atoms with Crippen LogP contribution in [-0.2, 0) is 9.53 Å². The standard InChI is InChI=1S/C11H16N2O4SSi/c1-19(2,3)10-5-4-8(18-10)7(17-11(12)15)6-9(14)13-16/h4-5,7H,6H2,1-3H3,(H2,12,15). The summed E-state index contributed by atoms with van der Waals surface area (Å²) in [5, 5.41) is 2.31. The summed E-state index contributed by atoms with van der Waals surface area (Å²) in [5.41, 5.74) is 4.97. The van der Waals surface area contributed by atoms with Gasteiger partial charge in [0.15, 0.2) is 0 Å². The number of ether oxygens (including phenoxy) is 1. The minimum absolute atomic E-state index is 0.280. The van der Waals surface area contributed by atoms with E-state index < -0.39 is 26.2 Å². The van der Waals surface area contributed by atoms with Gasteiger partial charge in [-0.2, -0.15) is 0 Å². The molecule has 0 aliphatic carbocycles. The first kappa shape index (κ1) is 15.5. The molecule has 1 unspecified atom stereocenters. The molecule has 0 saturated heterocycles. The van der Waals surface area contributed by atoms with Gasteiger partial charge in [0.2, 0.25) is 0 Å². The maximum atomic E-state index is 11.1. The van der Waals surface area contributed by atoms with Crippen LogP contribution >= 0.6 is 11.3 Å². The van der Waals surface area contributed by atoms with E-state index in [0.29, 0.717) is 4.88 Å². The van der Waals surface area contributed by atoms with Crippen molar-refractivity contribution in [2.45, 2.75) is 32.2 Å². The van der Waals surface area contributed by atoms with Gasteiger partial charge in [-0.3, -0.25) is 4.79 Å². The second-order valence-electron chi connectivity index (χ2n) is 5.07. The predicted octanol–water partition coefficient (Wildman–Crippen LogP) is 2.11. The van der Waals surface area contributed by atoms with E-state index in [4.69, 9.17) is 10.5 Å². The summed E-state index contributed by atoms with van der Waals surface area (Å²) in [4.78, 5) is 32.8. The van der Waals surface area contributed by atoms with E-state index in [9.17, 15) is 14.5 Å². The fourth-order valence-electron chi connectivity index (χ4n) is 1.47. The minimum Gasteiger partial charge on any atom is -0.440 e. The van der Waals surface area contributed by atoms with Gasteiger partial charge in [0.05, 0.1) is 14.5 Å². The monoisotopic (exact) mass is 300 g/mol. The summed E-state index contributed by atoms with van der Waals surface area (Å²) in [6.45, 7) is 6.56. The van der Waals surface area contributed by atoms with Gasteiger partial charge < -0.3 is 10.5 Å². The number of rotatable bonds is 5. The Morgan fingerprint density at radius 1 is 1.42 bits per heavy atom. The van der Waals surface area contributed by atoms with Crippen molar-refractivity contribution < 1.29 is 14.3 Å². The van der Waals surface area contributed by atoms with Crippen LogP contribution in [0.25, 0.3) is 0 Å². The SMILES string of the molecule is C[Si](C)(C)c1ccc(C(CC(=O)N=O)OC(N)=O)s1. The number of hydrogen-bond donors (Lipinski definition) is 1. The topological polar surface area (TPSA) is 98.8 Å². The van der Waals surface area contributed by atoms with Gasteiger partial charge in [-0.25, -0.2) is 4.79 Å². The molecule has 0 bridgehead atoms. The van der Waals surface area contributed by atoms with Crippen molar-refractivity contribution in [1.29, 1.82) is 0 Å². The number of thiophene rings is 1. The number of amides is 2. The Hall–Kier alpha value is -1.54. The number of carbonyl (C=O) groups is 2. The molecule has 1 aromatic rings. The lowest BCUT2D eigenvalue weighted by Crippen LogP contribution is -2.34. The molecular formula is C11H16N2O4SSi. The van der Waals surface area contributed by atoms with Gasteiger partial charge in [0.25, 0.3) is 5.91 Å². The molecule has 0 spiro atoms. The fourth-order valence-corrected chi connectivity index (χ4v) is 4.42. The van der Waals surface area contributed by atoms with Crippen molar-refractivity contribution in [3.63, 3.8) is 0 Å². The van der Waals surface area contributed by atoms with E-state index in [0.717, 1.165) is 0 Å². The van der Waals surface area contributed by atoms with Crippen LogP contribution in [0.15, 0.2) is 17.3 Å². The highest BCUT2D eigenvalue weighted by molar-refractivity contribution is 7.26. The largest absolute Gasteiger partial charge is 0.440 e. The average molecular weight is 300 g/mol. The number of carbonyl (C=O) groups excluding carboxylic acids is 2. The highest BCUT2D eigenvalue weighted by Gasteiger charge is 2.25. The molecule has 19 heavy (non-hydrogen) atoms. The van der Waals surface area contributed by atoms with Crippen LogP contribution in [-0.4, -0.2) is 20.1 Å². The first-order valence-electron chi connectivity index (χ1n) is 5.66. The lowest BCUT2D eigenvalue weighted by molar-refractivity contribution is -0.119. The summed E-state index contributed by atoms with van der Waals surface area (Å²) in [7, 11) is -1.47. The maximum Gasteiger partial charge on any atom is 0.405 e. The van der Waals surface area contributed by atoms with Crippen molar-refractivity contribution in [2.24, 2.45) is 10.9 Å². The fraction of sp³-hybridized carbons (Fsp3) is 0.455. The molecular weight excluding hydrogens is 284 g/mol. The Balaban J connectivity index is 2.97. The van der Waals surface area contributed by atoms with E-state index in [-0.39, 0.29) is 6.42 Å². The molecule has 1 rings (SSSR count). The third-order valence-electron chi connectivity index (χ3n) is 2.40. The first-order valence-corrected chi connectivity index (χ1v) is 9.98. The molecule has 2 amide bonds. The van der Waals surface area contributed by atoms with E-state index in [1.54, 1.807) is 6.07 Å². The second-order valence-corrected chi connectivity index (χ2v) is 11.6. The summed E-state index contributed by atoms with van der Waals surface area (Å²) in [5.74, 6) is -0.866. The Morgan fingerprint density at radius 3 is 2.47 bits per heavy atom. The van der Waals surface area contributed by atoms with Crippen molar-refractivity contribution in [2.75, 3.05) is 0 Å². The van der Waals surface area contributed by atoms with Crippen molar-refractivity contribution in [1.82, 2.24) is 0 Å². The average Bonchev–Trinajstić information content (AvgIpc) is 2.76. The molecule has 1 atom stereocenters. The number of nitroso groups, excluding NO2 is 1. The summed E-state index contributed by atoms with van der Waals surface area (Å²) in [6.07, 6.45) is -2.09. The minimum atomic E-state index is -1.47. The molecule has 2 N–H and O–H groups in total. The van der Waals surface area contributed by atoms with E-state index >= 15 is 0 Å². The molecule has 0 aliphatic rings. The quantitative estimate of drug-likeness (QED) is 0.665. The zero-order valence-corrected chi connectivity index (χ0v) is 12.8. The van der Waals surface area contributed by atoms with Crippen LogP contribution in [0.2, 0.25) is 19.6 Å². The highest BCUT2D eigenvalue weighted by atomic mass is 32.1. The number of hydrogen-bond acceptors (Lipinski definition) is 5. The Bertz CT molecular complexity index is 495. The van der Waals surface area contributed by atoms with Crippen LogP contribution in [0.3, 0.4) is 0 Å². The van der Waals surface area contributed by atoms with Crippen LogP contribution in [0, 0.1) is 4.91 Å². The van der Waals surface area contributed by atoms with Gasteiger partial charge in [0, 0.05) is 10.1 Å². The zero-order valence-electron chi connectivity index (χ0n) is 11.0. The first-order chi connectivity index (χ1) is 8.74. The predicted molar refractivity (Wildman–Crippen MR) is 76.1 cm³/mol. The molecule has 8 heteroatoms. The smallest absolute Gasteiger partial charge is 0.405 e. The van der Waals surface area contributed by atoms with E-state index in [2.05, 4.69) is 24.8 Å². The highest BCUT2D eigenvalue weighted by Crippen LogP contribution is 2.26. The molecule has 0 saturated carbocycles. The van der Waals surface area contributed by atoms with Gasteiger partial charge in [-0.15, -0.1) is 16.2 Å². The Morgan fingerprint density at radius 2 is 2.05 bits per heavy atom. The van der Waals surface area contributed by atoms with Crippen molar-refractivity contribution >= 4 is 35.9 Å². The van der Waals surface area contributed by atoms with Crippen LogP contribution in [0.1, 0.15) is 17.4 Å². The second kappa shape index (κ2) is 6.07. The molecule has 6 nitrogen and oxygen atoms in total. The van der Waals surface area contributed by atoms with Crippen LogP contribution in [0.5, 0.6) is 0 Å². The maximum absolute atomic E-state index is 11.1. The van der Waals surface area contributed by atoms with Crippen LogP contribution in [0.4, 0.5) is 4.79 Å². The number of primary amides is 1. The zero-order chi connectivity index (χ0) is 14.6. The summed E-state index contributed by atoms with van der Waals surface area (Å²) >= 11 is 1.48. The van der Waals surface area contributed by atoms with Gasteiger partial charge in [-0.1, -0.05) is 25.7 Å². The van der Waals surface area contributed by atoms with E-state index in [1.807, 2.05) is 6.07 Å². The van der Waals surface area contributed by atoms with Crippen molar-refractivity contribution in [3.8, 4) is 0 Å². The number of nitrogens with two attached hydrogens (primary N) is 1. The van der Waals surface area contributed by atoms with Gasteiger partial charge in [0.1, 0.15) is 6.10 Å². The Kier molecular flexibility index (Phi) is 4.95. The molecule has 0 radical (unpaired) electrons.